The van der Waals surface area contributed by atoms with Gasteiger partial charge in [0, 0.05) is 30.4 Å². The van der Waals surface area contributed by atoms with Crippen molar-refractivity contribution in [2.45, 2.75) is 25.9 Å². The van der Waals surface area contributed by atoms with Crippen molar-refractivity contribution in [3.8, 4) is 11.5 Å². The second-order valence-corrected chi connectivity index (χ2v) is 5.31. The molecule has 1 atom stereocenters. The Bertz CT molecular complexity index is 708. The lowest BCUT2D eigenvalue weighted by Crippen LogP contribution is -2.24. The van der Waals surface area contributed by atoms with Crippen molar-refractivity contribution in [2.24, 2.45) is 0 Å². The summed E-state index contributed by atoms with van der Waals surface area (Å²) in [4.78, 5) is 4.44. The van der Waals surface area contributed by atoms with E-state index < -0.39 is 0 Å². The van der Waals surface area contributed by atoms with Crippen LogP contribution in [0.15, 0.2) is 47.2 Å². The molecule has 1 aromatic carbocycles. The van der Waals surface area contributed by atoms with Gasteiger partial charge in [-0.1, -0.05) is 17.3 Å². The molecular weight excluding hydrogens is 314 g/mol. The normalized spacial score (nSPS) is 11.9. The van der Waals surface area contributed by atoms with Crippen LogP contribution in [-0.4, -0.2) is 33.0 Å². The zero-order chi connectivity index (χ0) is 15.4. The highest BCUT2D eigenvalue weighted by atomic mass is 35.5. The van der Waals surface area contributed by atoms with Gasteiger partial charge >= 0.3 is 0 Å². The molecule has 1 unspecified atom stereocenters. The van der Waals surface area contributed by atoms with Crippen LogP contribution in [0.3, 0.4) is 0 Å². The molecule has 0 radical (unpaired) electrons. The Morgan fingerprint density at radius 3 is 2.70 bits per heavy atom. The molecule has 0 aliphatic heterocycles. The molecular formula is C16H20ClN5O. The lowest BCUT2D eigenvalue weighted by molar-refractivity contribution is 0.418. The maximum atomic E-state index is 5.34. The van der Waals surface area contributed by atoms with Gasteiger partial charge in [-0.2, -0.15) is 10.1 Å². The summed E-state index contributed by atoms with van der Waals surface area (Å²) < 4.78 is 7.22. The molecule has 0 saturated heterocycles. The lowest BCUT2D eigenvalue weighted by atomic mass is 10.1. The molecule has 2 heterocycles. The Morgan fingerprint density at radius 1 is 1.26 bits per heavy atom. The van der Waals surface area contributed by atoms with Crippen molar-refractivity contribution in [1.29, 1.82) is 0 Å². The fraction of sp³-hybridized carbons (Fsp3) is 0.312. The number of rotatable bonds is 6. The van der Waals surface area contributed by atoms with Crippen LogP contribution in [-0.2, 0) is 13.0 Å². The van der Waals surface area contributed by atoms with E-state index in [2.05, 4.69) is 39.6 Å². The first-order chi connectivity index (χ1) is 10.7. The molecule has 1 N–H and O–H groups in total. The summed E-state index contributed by atoms with van der Waals surface area (Å²) >= 11 is 0. The fourth-order valence-corrected chi connectivity index (χ4v) is 2.16. The van der Waals surface area contributed by atoms with Gasteiger partial charge in [-0.25, -0.2) is 0 Å². The van der Waals surface area contributed by atoms with Gasteiger partial charge < -0.3 is 9.84 Å². The SMILES string of the molecule is CNC(C)Cc1noc(-c2ccc(Cn3cccn3)cc2)n1.Cl. The number of likely N-dealkylation sites (N-methyl/N-ethyl adjacent to an activating group) is 1. The first-order valence-electron chi connectivity index (χ1n) is 7.31. The molecule has 0 fully saturated rings. The lowest BCUT2D eigenvalue weighted by Gasteiger charge is -2.04. The van der Waals surface area contributed by atoms with E-state index in [0.29, 0.717) is 11.9 Å². The highest BCUT2D eigenvalue weighted by Crippen LogP contribution is 2.18. The van der Waals surface area contributed by atoms with Gasteiger partial charge in [0.2, 0.25) is 0 Å². The first-order valence-corrected chi connectivity index (χ1v) is 7.31. The maximum Gasteiger partial charge on any atom is 0.257 e. The van der Waals surface area contributed by atoms with Gasteiger partial charge in [-0.3, -0.25) is 4.68 Å². The molecule has 6 nitrogen and oxygen atoms in total. The summed E-state index contributed by atoms with van der Waals surface area (Å²) in [5, 5.41) is 11.4. The van der Waals surface area contributed by atoms with E-state index in [-0.39, 0.29) is 12.4 Å². The maximum absolute atomic E-state index is 5.34. The Morgan fingerprint density at radius 2 is 2.04 bits per heavy atom. The van der Waals surface area contributed by atoms with Crippen LogP contribution < -0.4 is 5.32 Å². The number of hydrogen-bond donors (Lipinski definition) is 1. The van der Waals surface area contributed by atoms with Crippen LogP contribution in [0, 0.1) is 0 Å². The van der Waals surface area contributed by atoms with Gasteiger partial charge in [0.1, 0.15) is 0 Å². The zero-order valence-corrected chi connectivity index (χ0v) is 14.0. The number of nitrogens with zero attached hydrogens (tertiary/aromatic N) is 4. The summed E-state index contributed by atoms with van der Waals surface area (Å²) in [6.07, 6.45) is 4.47. The minimum atomic E-state index is 0. The molecule has 2 aromatic heterocycles. The molecule has 0 aliphatic rings. The average Bonchev–Trinajstić information content (AvgIpc) is 3.20. The van der Waals surface area contributed by atoms with Gasteiger partial charge in [-0.05, 0) is 37.7 Å². The summed E-state index contributed by atoms with van der Waals surface area (Å²) in [7, 11) is 1.92. The predicted octanol–water partition coefficient (Wildman–Crippen LogP) is 2.55. The standard InChI is InChI=1S/C16H19N5O.ClH/c1-12(17-2)10-15-19-16(22-20-15)14-6-4-13(5-7-14)11-21-9-3-8-18-21;/h3-9,12,17H,10-11H2,1-2H3;1H. The number of hydrogen-bond acceptors (Lipinski definition) is 5. The number of nitrogens with one attached hydrogen (secondary N) is 1. The quantitative estimate of drug-likeness (QED) is 0.750. The second kappa shape index (κ2) is 7.89. The number of benzene rings is 1. The minimum absolute atomic E-state index is 0. The van der Waals surface area contributed by atoms with Crippen molar-refractivity contribution in [2.75, 3.05) is 7.05 Å². The second-order valence-electron chi connectivity index (χ2n) is 5.31. The van der Waals surface area contributed by atoms with Crippen molar-refractivity contribution < 1.29 is 4.52 Å². The van der Waals surface area contributed by atoms with E-state index in [1.807, 2.05) is 36.1 Å². The van der Waals surface area contributed by atoms with E-state index >= 15 is 0 Å². The Balaban J connectivity index is 0.00000192. The Labute approximate surface area is 141 Å². The molecule has 0 spiro atoms. The van der Waals surface area contributed by atoms with Crippen LogP contribution in [0.5, 0.6) is 0 Å². The molecule has 0 amide bonds. The number of aromatic nitrogens is 4. The average molecular weight is 334 g/mol. The largest absolute Gasteiger partial charge is 0.334 e. The molecule has 0 bridgehead atoms. The molecule has 3 rings (SSSR count). The Kier molecular flexibility index (Phi) is 5.90. The molecule has 7 heteroatoms. The number of halogens is 1. The third kappa shape index (κ3) is 4.40. The molecule has 0 aliphatic carbocycles. The van der Waals surface area contributed by atoms with Gasteiger partial charge in [0.25, 0.3) is 5.89 Å². The van der Waals surface area contributed by atoms with Crippen molar-refractivity contribution >= 4 is 12.4 Å². The van der Waals surface area contributed by atoms with Gasteiger partial charge in [0.15, 0.2) is 5.82 Å². The van der Waals surface area contributed by atoms with Gasteiger partial charge in [-0.15, -0.1) is 12.4 Å². The minimum Gasteiger partial charge on any atom is -0.334 e. The van der Waals surface area contributed by atoms with Crippen molar-refractivity contribution in [1.82, 2.24) is 25.2 Å². The molecule has 23 heavy (non-hydrogen) atoms. The molecule has 0 saturated carbocycles. The van der Waals surface area contributed by atoms with Crippen molar-refractivity contribution in [3.63, 3.8) is 0 Å². The van der Waals surface area contributed by atoms with E-state index in [9.17, 15) is 0 Å². The zero-order valence-electron chi connectivity index (χ0n) is 13.1. The smallest absolute Gasteiger partial charge is 0.257 e. The predicted molar refractivity (Wildman–Crippen MR) is 90.5 cm³/mol. The van der Waals surface area contributed by atoms with Crippen molar-refractivity contribution in [3.05, 3.63) is 54.1 Å². The summed E-state index contributed by atoms with van der Waals surface area (Å²) in [6, 6.07) is 10.3. The fourth-order valence-electron chi connectivity index (χ4n) is 2.16. The summed E-state index contributed by atoms with van der Waals surface area (Å²) in [6.45, 7) is 2.84. The van der Waals surface area contributed by atoms with Crippen LogP contribution >= 0.6 is 12.4 Å². The topological polar surface area (TPSA) is 68.8 Å². The van der Waals surface area contributed by atoms with E-state index in [0.717, 1.165) is 24.4 Å². The summed E-state index contributed by atoms with van der Waals surface area (Å²) in [5.74, 6) is 1.28. The first kappa shape index (κ1) is 17.2. The highest BCUT2D eigenvalue weighted by molar-refractivity contribution is 5.85. The van der Waals surface area contributed by atoms with Crippen LogP contribution in [0.1, 0.15) is 18.3 Å². The van der Waals surface area contributed by atoms with E-state index in [1.165, 1.54) is 5.56 Å². The van der Waals surface area contributed by atoms with Crippen LogP contribution in [0.4, 0.5) is 0 Å². The monoisotopic (exact) mass is 333 g/mol. The summed E-state index contributed by atoms with van der Waals surface area (Å²) in [5.41, 5.74) is 2.11. The third-order valence-electron chi connectivity index (χ3n) is 3.55. The van der Waals surface area contributed by atoms with E-state index in [1.54, 1.807) is 6.20 Å². The molecule has 3 aromatic rings. The van der Waals surface area contributed by atoms with Crippen LogP contribution in [0.25, 0.3) is 11.5 Å². The van der Waals surface area contributed by atoms with Gasteiger partial charge in [0.05, 0.1) is 6.54 Å². The highest BCUT2D eigenvalue weighted by Gasteiger charge is 2.11. The third-order valence-corrected chi connectivity index (χ3v) is 3.55. The Hall–Kier alpha value is -2.18. The van der Waals surface area contributed by atoms with Crippen LogP contribution in [0.2, 0.25) is 0 Å². The molecule has 122 valence electrons. The van der Waals surface area contributed by atoms with E-state index in [4.69, 9.17) is 4.52 Å².